The van der Waals surface area contributed by atoms with E-state index in [0.717, 1.165) is 11.2 Å². The molecule has 0 saturated carbocycles. The molecule has 0 atom stereocenters. The average molecular weight is 286 g/mol. The fourth-order valence-electron chi connectivity index (χ4n) is 3.25. The van der Waals surface area contributed by atoms with Crippen LogP contribution in [0.1, 0.15) is 25.3 Å². The van der Waals surface area contributed by atoms with Gasteiger partial charge in [0.15, 0.2) is 0 Å². The number of furan rings is 1. The number of fused-ring (bicyclic) bond motifs is 3. The van der Waals surface area contributed by atoms with E-state index in [-0.39, 0.29) is 0 Å². The van der Waals surface area contributed by atoms with Gasteiger partial charge in [0.05, 0.1) is 0 Å². The Kier molecular flexibility index (Phi) is 3.00. The lowest BCUT2D eigenvalue weighted by molar-refractivity contribution is 0.657. The van der Waals surface area contributed by atoms with Crippen molar-refractivity contribution in [3.8, 4) is 11.1 Å². The first-order valence-corrected chi connectivity index (χ1v) is 7.75. The second-order valence-corrected chi connectivity index (χ2v) is 6.02. The molecule has 22 heavy (non-hydrogen) atoms. The molecular weight excluding hydrogens is 268 g/mol. The first kappa shape index (κ1) is 13.1. The van der Waals surface area contributed by atoms with Gasteiger partial charge in [0.25, 0.3) is 0 Å². The molecule has 4 rings (SSSR count). The van der Waals surface area contributed by atoms with Crippen LogP contribution in [0.3, 0.4) is 0 Å². The first-order valence-electron chi connectivity index (χ1n) is 7.75. The maximum Gasteiger partial charge on any atom is 0.139 e. The first-order chi connectivity index (χ1) is 10.8. The van der Waals surface area contributed by atoms with E-state index in [1.165, 1.54) is 27.5 Å². The van der Waals surface area contributed by atoms with E-state index in [1.54, 1.807) is 0 Å². The largest absolute Gasteiger partial charge is 0.456 e. The molecule has 0 amide bonds. The molecular formula is C21H18O. The van der Waals surface area contributed by atoms with Crippen LogP contribution in [0.4, 0.5) is 0 Å². The van der Waals surface area contributed by atoms with E-state index in [0.29, 0.717) is 5.92 Å². The molecule has 0 spiro atoms. The molecule has 0 saturated heterocycles. The number of rotatable bonds is 2. The Labute approximate surface area is 130 Å². The Morgan fingerprint density at radius 3 is 2.23 bits per heavy atom. The molecule has 0 radical (unpaired) electrons. The van der Waals surface area contributed by atoms with Gasteiger partial charge in [0, 0.05) is 16.3 Å². The van der Waals surface area contributed by atoms with Crippen molar-refractivity contribution in [1.82, 2.24) is 0 Å². The maximum absolute atomic E-state index is 6.21. The average Bonchev–Trinajstić information content (AvgIpc) is 2.93. The predicted molar refractivity (Wildman–Crippen MR) is 93.2 cm³/mol. The zero-order valence-corrected chi connectivity index (χ0v) is 12.8. The summed E-state index contributed by atoms with van der Waals surface area (Å²) in [5.74, 6) is 0.402. The maximum atomic E-state index is 6.21. The van der Waals surface area contributed by atoms with Gasteiger partial charge in [-0.05, 0) is 29.2 Å². The second kappa shape index (κ2) is 5.03. The number of hydrogen-bond donors (Lipinski definition) is 0. The molecule has 0 aliphatic carbocycles. The molecule has 1 heterocycles. The molecule has 108 valence electrons. The summed E-state index contributed by atoms with van der Waals surface area (Å²) < 4.78 is 6.21. The van der Waals surface area contributed by atoms with Crippen molar-refractivity contribution in [3.63, 3.8) is 0 Å². The van der Waals surface area contributed by atoms with E-state index in [4.69, 9.17) is 4.42 Å². The topological polar surface area (TPSA) is 13.1 Å². The Hall–Kier alpha value is -2.54. The third-order valence-electron chi connectivity index (χ3n) is 4.25. The quantitative estimate of drug-likeness (QED) is 0.417. The lowest BCUT2D eigenvalue weighted by Crippen LogP contribution is -1.93. The van der Waals surface area contributed by atoms with Crippen LogP contribution >= 0.6 is 0 Å². The summed E-state index contributed by atoms with van der Waals surface area (Å²) >= 11 is 0. The van der Waals surface area contributed by atoms with Crippen molar-refractivity contribution in [2.75, 3.05) is 0 Å². The monoisotopic (exact) mass is 286 g/mol. The van der Waals surface area contributed by atoms with E-state index < -0.39 is 0 Å². The fourth-order valence-corrected chi connectivity index (χ4v) is 3.25. The van der Waals surface area contributed by atoms with Crippen LogP contribution in [0.5, 0.6) is 0 Å². The van der Waals surface area contributed by atoms with Crippen molar-refractivity contribution in [1.29, 1.82) is 0 Å². The third-order valence-corrected chi connectivity index (χ3v) is 4.25. The van der Waals surface area contributed by atoms with Crippen LogP contribution in [-0.4, -0.2) is 0 Å². The van der Waals surface area contributed by atoms with E-state index in [9.17, 15) is 0 Å². The summed E-state index contributed by atoms with van der Waals surface area (Å²) in [7, 11) is 0. The van der Waals surface area contributed by atoms with Gasteiger partial charge in [0.2, 0.25) is 0 Å². The molecule has 3 aromatic carbocycles. The van der Waals surface area contributed by atoms with E-state index in [2.05, 4.69) is 68.4 Å². The second-order valence-electron chi connectivity index (χ2n) is 6.02. The van der Waals surface area contributed by atoms with Crippen LogP contribution in [0, 0.1) is 0 Å². The van der Waals surface area contributed by atoms with Gasteiger partial charge in [-0.2, -0.15) is 0 Å². The molecule has 0 fully saturated rings. The molecule has 0 N–H and O–H groups in total. The highest BCUT2D eigenvalue weighted by Crippen LogP contribution is 2.39. The smallest absolute Gasteiger partial charge is 0.139 e. The minimum Gasteiger partial charge on any atom is -0.456 e. The van der Waals surface area contributed by atoms with Gasteiger partial charge in [-0.1, -0.05) is 68.4 Å². The number of hydrogen-bond acceptors (Lipinski definition) is 1. The van der Waals surface area contributed by atoms with Gasteiger partial charge in [-0.3, -0.25) is 0 Å². The van der Waals surface area contributed by atoms with Crippen LogP contribution in [0.15, 0.2) is 71.1 Å². The van der Waals surface area contributed by atoms with Crippen LogP contribution in [-0.2, 0) is 0 Å². The van der Waals surface area contributed by atoms with Gasteiger partial charge in [-0.25, -0.2) is 0 Å². The normalized spacial score (nSPS) is 11.6. The summed E-state index contributed by atoms with van der Waals surface area (Å²) in [6.45, 7) is 4.46. The lowest BCUT2D eigenvalue weighted by Gasteiger charge is -2.13. The highest BCUT2D eigenvalue weighted by molar-refractivity contribution is 6.07. The Morgan fingerprint density at radius 1 is 0.727 bits per heavy atom. The van der Waals surface area contributed by atoms with Gasteiger partial charge in [0.1, 0.15) is 11.2 Å². The van der Waals surface area contributed by atoms with Crippen LogP contribution in [0.2, 0.25) is 0 Å². The summed E-state index contributed by atoms with van der Waals surface area (Å²) in [5.41, 5.74) is 5.79. The highest BCUT2D eigenvalue weighted by atomic mass is 16.3. The SMILES string of the molecule is CC(C)c1c(-c2ccccc2)ccc2c1oc1ccccc12. The zero-order valence-electron chi connectivity index (χ0n) is 12.8. The molecule has 4 aromatic rings. The highest BCUT2D eigenvalue weighted by Gasteiger charge is 2.17. The van der Waals surface area contributed by atoms with Gasteiger partial charge in [-0.15, -0.1) is 0 Å². The third kappa shape index (κ3) is 1.93. The lowest BCUT2D eigenvalue weighted by atomic mass is 9.90. The fraction of sp³-hybridized carbons (Fsp3) is 0.143. The molecule has 0 unspecified atom stereocenters. The van der Waals surface area contributed by atoms with E-state index >= 15 is 0 Å². The molecule has 0 aliphatic rings. The number of para-hydroxylation sites is 1. The number of benzene rings is 3. The van der Waals surface area contributed by atoms with Crippen molar-refractivity contribution >= 4 is 21.9 Å². The van der Waals surface area contributed by atoms with E-state index in [1.807, 2.05) is 12.1 Å². The molecule has 0 aliphatic heterocycles. The Balaban J connectivity index is 2.11. The zero-order chi connectivity index (χ0) is 15.1. The minimum atomic E-state index is 0.402. The summed E-state index contributed by atoms with van der Waals surface area (Å²) in [4.78, 5) is 0. The summed E-state index contributed by atoms with van der Waals surface area (Å²) in [5, 5.41) is 2.40. The minimum absolute atomic E-state index is 0.402. The molecule has 1 aromatic heterocycles. The van der Waals surface area contributed by atoms with Crippen molar-refractivity contribution in [2.45, 2.75) is 19.8 Å². The standard InChI is InChI=1S/C21H18O/c1-14(2)20-16(15-8-4-3-5-9-15)12-13-18-17-10-6-7-11-19(17)22-21(18)20/h3-14H,1-2H3. The molecule has 0 bridgehead atoms. The summed E-state index contributed by atoms with van der Waals surface area (Å²) in [6.07, 6.45) is 0. The van der Waals surface area contributed by atoms with Crippen LogP contribution in [0.25, 0.3) is 33.1 Å². The van der Waals surface area contributed by atoms with Gasteiger partial charge >= 0.3 is 0 Å². The Morgan fingerprint density at radius 2 is 1.45 bits per heavy atom. The van der Waals surface area contributed by atoms with Gasteiger partial charge < -0.3 is 4.42 Å². The molecule has 1 nitrogen and oxygen atoms in total. The predicted octanol–water partition coefficient (Wildman–Crippen LogP) is 6.38. The van der Waals surface area contributed by atoms with Crippen molar-refractivity contribution in [2.24, 2.45) is 0 Å². The Bertz CT molecular complexity index is 946. The molecule has 1 heteroatoms. The van der Waals surface area contributed by atoms with Crippen molar-refractivity contribution < 1.29 is 4.42 Å². The van der Waals surface area contributed by atoms with Crippen molar-refractivity contribution in [3.05, 3.63) is 72.3 Å². The summed E-state index contributed by atoms with van der Waals surface area (Å²) in [6, 6.07) is 23.2. The van der Waals surface area contributed by atoms with Crippen LogP contribution < -0.4 is 0 Å².